The number of rotatable bonds is 5. The van der Waals surface area contributed by atoms with Crippen LogP contribution < -0.4 is 21.5 Å². The van der Waals surface area contributed by atoms with Gasteiger partial charge in [-0.05, 0) is 18.2 Å². The standard InChI is InChI=1S/C11H15N3O4/c1-18-9-3-2-6(4-7(9)12)11(17)14-5-8(15)10(13)16/h2-4,8,15H,5,12H2,1H3,(H2,13,16)(H,14,17). The molecule has 1 aromatic rings. The summed E-state index contributed by atoms with van der Waals surface area (Å²) >= 11 is 0. The maximum absolute atomic E-state index is 11.7. The van der Waals surface area contributed by atoms with Crippen molar-refractivity contribution < 1.29 is 19.4 Å². The lowest BCUT2D eigenvalue weighted by atomic mass is 10.1. The van der Waals surface area contributed by atoms with Crippen LogP contribution in [-0.4, -0.2) is 36.7 Å². The molecule has 0 spiro atoms. The number of carbonyl (C=O) groups excluding carboxylic acids is 2. The highest BCUT2D eigenvalue weighted by molar-refractivity contribution is 5.95. The van der Waals surface area contributed by atoms with Gasteiger partial charge in [-0.15, -0.1) is 0 Å². The largest absolute Gasteiger partial charge is 0.495 e. The van der Waals surface area contributed by atoms with Crippen molar-refractivity contribution in [2.45, 2.75) is 6.10 Å². The normalized spacial score (nSPS) is 11.7. The average Bonchev–Trinajstić information content (AvgIpc) is 2.35. The van der Waals surface area contributed by atoms with E-state index in [9.17, 15) is 9.59 Å². The fourth-order valence-corrected chi connectivity index (χ4v) is 1.27. The van der Waals surface area contributed by atoms with E-state index in [1.807, 2.05) is 0 Å². The van der Waals surface area contributed by atoms with Crippen LogP contribution >= 0.6 is 0 Å². The lowest BCUT2D eigenvalue weighted by Gasteiger charge is -2.10. The highest BCUT2D eigenvalue weighted by Crippen LogP contribution is 2.21. The van der Waals surface area contributed by atoms with Gasteiger partial charge in [-0.1, -0.05) is 0 Å². The van der Waals surface area contributed by atoms with Gasteiger partial charge in [-0.3, -0.25) is 9.59 Å². The van der Waals surface area contributed by atoms with Gasteiger partial charge in [0.1, 0.15) is 11.9 Å². The van der Waals surface area contributed by atoms with Crippen molar-refractivity contribution in [2.24, 2.45) is 5.73 Å². The summed E-state index contributed by atoms with van der Waals surface area (Å²) in [4.78, 5) is 22.2. The van der Waals surface area contributed by atoms with Gasteiger partial charge in [0.2, 0.25) is 5.91 Å². The van der Waals surface area contributed by atoms with E-state index >= 15 is 0 Å². The Hall–Kier alpha value is -2.28. The third kappa shape index (κ3) is 3.36. The molecule has 0 fully saturated rings. The fourth-order valence-electron chi connectivity index (χ4n) is 1.27. The smallest absolute Gasteiger partial charge is 0.251 e. The maximum atomic E-state index is 11.7. The Morgan fingerprint density at radius 2 is 2.17 bits per heavy atom. The number of nitrogen functional groups attached to an aromatic ring is 1. The summed E-state index contributed by atoms with van der Waals surface area (Å²) in [6.07, 6.45) is -1.41. The van der Waals surface area contributed by atoms with Crippen LogP contribution in [0.2, 0.25) is 0 Å². The molecule has 0 aliphatic carbocycles. The molecule has 18 heavy (non-hydrogen) atoms. The predicted octanol–water partition coefficient (Wildman–Crippen LogP) is -1.15. The van der Waals surface area contributed by atoms with Gasteiger partial charge >= 0.3 is 0 Å². The quantitative estimate of drug-likeness (QED) is 0.493. The first-order valence-electron chi connectivity index (χ1n) is 5.14. The maximum Gasteiger partial charge on any atom is 0.251 e. The monoisotopic (exact) mass is 253 g/mol. The molecule has 1 rings (SSSR count). The SMILES string of the molecule is COc1ccc(C(=O)NCC(O)C(N)=O)cc1N. The number of nitrogens with one attached hydrogen (secondary N) is 1. The molecule has 0 saturated carbocycles. The van der Waals surface area contributed by atoms with Crippen LogP contribution in [0.1, 0.15) is 10.4 Å². The minimum absolute atomic E-state index is 0.250. The summed E-state index contributed by atoms with van der Waals surface area (Å²) in [5.41, 5.74) is 11.1. The second-order valence-corrected chi connectivity index (χ2v) is 3.58. The average molecular weight is 253 g/mol. The first-order chi connectivity index (χ1) is 8.45. The first-order valence-corrected chi connectivity index (χ1v) is 5.14. The Morgan fingerprint density at radius 1 is 1.50 bits per heavy atom. The molecule has 0 heterocycles. The van der Waals surface area contributed by atoms with E-state index < -0.39 is 17.9 Å². The second-order valence-electron chi connectivity index (χ2n) is 3.58. The molecule has 7 heteroatoms. The zero-order valence-corrected chi connectivity index (χ0v) is 9.84. The topological polar surface area (TPSA) is 128 Å². The van der Waals surface area contributed by atoms with Crippen LogP contribution in [-0.2, 0) is 4.79 Å². The second kappa shape index (κ2) is 5.87. The van der Waals surface area contributed by atoms with Crippen LogP contribution in [0.3, 0.4) is 0 Å². The van der Waals surface area contributed by atoms with Gasteiger partial charge in [0.05, 0.1) is 19.3 Å². The number of amides is 2. The highest BCUT2D eigenvalue weighted by atomic mass is 16.5. The first kappa shape index (κ1) is 13.8. The number of nitrogens with two attached hydrogens (primary N) is 2. The Bertz CT molecular complexity index is 462. The van der Waals surface area contributed by atoms with E-state index in [1.54, 1.807) is 6.07 Å². The predicted molar refractivity (Wildman–Crippen MR) is 64.9 cm³/mol. The zero-order chi connectivity index (χ0) is 13.7. The van der Waals surface area contributed by atoms with Gasteiger partial charge in [0.25, 0.3) is 5.91 Å². The van der Waals surface area contributed by atoms with Crippen molar-refractivity contribution in [3.8, 4) is 5.75 Å². The van der Waals surface area contributed by atoms with Gasteiger partial charge < -0.3 is 26.6 Å². The summed E-state index contributed by atoms with van der Waals surface area (Å²) in [6.45, 7) is -0.250. The molecule has 0 saturated heterocycles. The summed E-state index contributed by atoms with van der Waals surface area (Å²) < 4.78 is 4.95. The number of anilines is 1. The van der Waals surface area contributed by atoms with Gasteiger partial charge in [0, 0.05) is 5.56 Å². The number of aliphatic hydroxyl groups is 1. The molecular formula is C11H15N3O4. The third-order valence-electron chi connectivity index (χ3n) is 2.28. The molecule has 98 valence electrons. The van der Waals surface area contributed by atoms with Crippen molar-refractivity contribution in [3.05, 3.63) is 23.8 Å². The number of primary amides is 1. The molecule has 1 aromatic carbocycles. The Morgan fingerprint density at radius 3 is 2.67 bits per heavy atom. The highest BCUT2D eigenvalue weighted by Gasteiger charge is 2.13. The molecule has 1 unspecified atom stereocenters. The fraction of sp³-hybridized carbons (Fsp3) is 0.273. The summed E-state index contributed by atoms with van der Waals surface area (Å²) in [6, 6.07) is 4.50. The van der Waals surface area contributed by atoms with E-state index in [-0.39, 0.29) is 6.54 Å². The molecular weight excluding hydrogens is 238 g/mol. The Balaban J connectivity index is 2.67. The summed E-state index contributed by atoms with van der Waals surface area (Å²) in [7, 11) is 1.47. The van der Waals surface area contributed by atoms with Crippen molar-refractivity contribution in [1.29, 1.82) is 0 Å². The molecule has 0 aliphatic rings. The Labute approximate surface area is 104 Å². The van der Waals surface area contributed by atoms with Crippen LogP contribution in [0, 0.1) is 0 Å². The minimum atomic E-state index is -1.41. The number of hydrogen-bond acceptors (Lipinski definition) is 5. The number of carbonyl (C=O) groups is 2. The summed E-state index contributed by atoms with van der Waals surface area (Å²) in [5.74, 6) is -0.905. The van der Waals surface area contributed by atoms with Crippen molar-refractivity contribution in [3.63, 3.8) is 0 Å². The summed E-state index contributed by atoms with van der Waals surface area (Å²) in [5, 5.41) is 11.5. The molecule has 7 nitrogen and oxygen atoms in total. The van der Waals surface area contributed by atoms with Crippen LogP contribution in [0.25, 0.3) is 0 Å². The zero-order valence-electron chi connectivity index (χ0n) is 9.84. The van der Waals surface area contributed by atoms with Crippen molar-refractivity contribution in [2.75, 3.05) is 19.4 Å². The van der Waals surface area contributed by atoms with E-state index in [0.29, 0.717) is 17.0 Å². The molecule has 6 N–H and O–H groups in total. The minimum Gasteiger partial charge on any atom is -0.495 e. The van der Waals surface area contributed by atoms with E-state index in [0.717, 1.165) is 0 Å². The molecule has 1 atom stereocenters. The number of aliphatic hydroxyl groups excluding tert-OH is 1. The lowest BCUT2D eigenvalue weighted by Crippen LogP contribution is -2.39. The molecule has 0 aromatic heterocycles. The van der Waals surface area contributed by atoms with Crippen molar-refractivity contribution >= 4 is 17.5 Å². The molecule has 0 bridgehead atoms. The lowest BCUT2D eigenvalue weighted by molar-refractivity contribution is -0.125. The van der Waals surface area contributed by atoms with Gasteiger partial charge in [-0.2, -0.15) is 0 Å². The molecule has 2 amide bonds. The molecule has 0 aliphatic heterocycles. The Kier molecular flexibility index (Phi) is 4.50. The van der Waals surface area contributed by atoms with Gasteiger partial charge in [-0.25, -0.2) is 0 Å². The molecule has 0 radical (unpaired) electrons. The van der Waals surface area contributed by atoms with E-state index in [2.05, 4.69) is 5.32 Å². The van der Waals surface area contributed by atoms with Crippen LogP contribution in [0.15, 0.2) is 18.2 Å². The number of benzene rings is 1. The van der Waals surface area contributed by atoms with Crippen molar-refractivity contribution in [1.82, 2.24) is 5.32 Å². The third-order valence-corrected chi connectivity index (χ3v) is 2.28. The van der Waals surface area contributed by atoms with E-state index in [4.69, 9.17) is 21.3 Å². The van der Waals surface area contributed by atoms with E-state index in [1.165, 1.54) is 19.2 Å². The number of hydrogen-bond donors (Lipinski definition) is 4. The van der Waals surface area contributed by atoms with Crippen LogP contribution in [0.5, 0.6) is 5.75 Å². The number of methoxy groups -OCH3 is 1. The van der Waals surface area contributed by atoms with Crippen LogP contribution in [0.4, 0.5) is 5.69 Å². The number of ether oxygens (including phenoxy) is 1. The van der Waals surface area contributed by atoms with Gasteiger partial charge in [0.15, 0.2) is 0 Å².